The molecule has 0 saturated heterocycles. The van der Waals surface area contributed by atoms with Crippen LogP contribution in [0.25, 0.3) is 0 Å². The van der Waals surface area contributed by atoms with Crippen molar-refractivity contribution in [3.05, 3.63) is 58.8 Å². The Balaban J connectivity index is 2.54. The van der Waals surface area contributed by atoms with Gasteiger partial charge in [0, 0.05) is 23.6 Å². The summed E-state index contributed by atoms with van der Waals surface area (Å²) in [6.07, 6.45) is 0. The number of carboxylic acids is 1. The highest BCUT2D eigenvalue weighted by atomic mass is 79.9. The van der Waals surface area contributed by atoms with Crippen molar-refractivity contribution in [1.82, 2.24) is 0 Å². The maximum absolute atomic E-state index is 12.7. The monoisotopic (exact) mass is 583 g/mol. The summed E-state index contributed by atoms with van der Waals surface area (Å²) in [5.74, 6) is -1.84. The number of carboxylic acid groups (broad SMARTS) is 1. The van der Waals surface area contributed by atoms with Gasteiger partial charge in [0.25, 0.3) is 5.91 Å². The standard InChI is InChI=1S/C15H9Br4NO4/c16-10-8(9(15(23)24)11(17)13(19)12(10)18)14(22)20-7-3-1-2-6(4-7)5-21/h1-4,21H,5H2,(H,20,22)(H,23,24). The van der Waals surface area contributed by atoms with Crippen LogP contribution in [0.1, 0.15) is 26.3 Å². The van der Waals surface area contributed by atoms with Gasteiger partial charge in [-0.2, -0.15) is 0 Å². The summed E-state index contributed by atoms with van der Waals surface area (Å²) in [6, 6.07) is 6.65. The molecule has 9 heteroatoms. The van der Waals surface area contributed by atoms with E-state index in [9.17, 15) is 14.7 Å². The van der Waals surface area contributed by atoms with Crippen molar-refractivity contribution in [2.45, 2.75) is 6.61 Å². The zero-order chi connectivity index (χ0) is 18.0. The molecule has 0 aliphatic rings. The van der Waals surface area contributed by atoms with Gasteiger partial charge in [0.1, 0.15) is 0 Å². The Labute approximate surface area is 171 Å². The first-order valence-electron chi connectivity index (χ1n) is 6.38. The van der Waals surface area contributed by atoms with Crippen molar-refractivity contribution in [3.63, 3.8) is 0 Å². The molecule has 0 saturated carbocycles. The van der Waals surface area contributed by atoms with Crippen LogP contribution in [0.3, 0.4) is 0 Å². The zero-order valence-corrected chi connectivity index (χ0v) is 18.1. The molecule has 2 aromatic rings. The first-order valence-corrected chi connectivity index (χ1v) is 9.55. The van der Waals surface area contributed by atoms with Crippen molar-refractivity contribution in [2.24, 2.45) is 0 Å². The first-order chi connectivity index (χ1) is 11.3. The van der Waals surface area contributed by atoms with E-state index >= 15 is 0 Å². The van der Waals surface area contributed by atoms with E-state index in [-0.39, 0.29) is 22.2 Å². The van der Waals surface area contributed by atoms with Crippen LogP contribution in [0, 0.1) is 0 Å². The zero-order valence-electron chi connectivity index (χ0n) is 11.7. The molecule has 0 bridgehead atoms. The summed E-state index contributed by atoms with van der Waals surface area (Å²) in [7, 11) is 0. The van der Waals surface area contributed by atoms with Gasteiger partial charge in [-0.05, 0) is 81.4 Å². The molecular weight excluding hydrogens is 578 g/mol. The molecule has 0 aliphatic carbocycles. The molecule has 0 unspecified atom stereocenters. The molecule has 5 nitrogen and oxygen atoms in total. The summed E-state index contributed by atoms with van der Waals surface area (Å²) in [5, 5.41) is 21.3. The van der Waals surface area contributed by atoms with Crippen LogP contribution in [0.15, 0.2) is 42.2 Å². The maximum Gasteiger partial charge on any atom is 0.337 e. The largest absolute Gasteiger partial charge is 0.478 e. The summed E-state index contributed by atoms with van der Waals surface area (Å²) >= 11 is 13.0. The van der Waals surface area contributed by atoms with Gasteiger partial charge in [-0.15, -0.1) is 0 Å². The summed E-state index contributed by atoms with van der Waals surface area (Å²) in [6.45, 7) is -0.164. The number of hydrogen-bond donors (Lipinski definition) is 3. The van der Waals surface area contributed by atoms with Crippen LogP contribution in [0.2, 0.25) is 0 Å². The van der Waals surface area contributed by atoms with E-state index in [4.69, 9.17) is 5.11 Å². The molecule has 3 N–H and O–H groups in total. The number of hydrogen-bond acceptors (Lipinski definition) is 3. The molecule has 0 atom stereocenters. The number of halogens is 4. The Hall–Kier alpha value is -0.740. The Morgan fingerprint density at radius 1 is 0.958 bits per heavy atom. The number of rotatable bonds is 4. The molecule has 0 fully saturated rings. The van der Waals surface area contributed by atoms with E-state index in [1.54, 1.807) is 24.3 Å². The van der Waals surface area contributed by atoms with Gasteiger partial charge in [-0.1, -0.05) is 12.1 Å². The maximum atomic E-state index is 12.7. The van der Waals surface area contributed by atoms with Crippen LogP contribution in [0.4, 0.5) is 5.69 Å². The second kappa shape index (κ2) is 8.09. The molecular formula is C15H9Br4NO4. The van der Waals surface area contributed by atoms with Gasteiger partial charge in [-0.3, -0.25) is 4.79 Å². The third-order valence-electron chi connectivity index (χ3n) is 3.08. The molecule has 2 rings (SSSR count). The fourth-order valence-corrected chi connectivity index (χ4v) is 4.45. The minimum atomic E-state index is -1.25. The fourth-order valence-electron chi connectivity index (χ4n) is 1.99. The number of aromatic carboxylic acids is 1. The summed E-state index contributed by atoms with van der Waals surface area (Å²) < 4.78 is 1.55. The van der Waals surface area contributed by atoms with E-state index in [1.165, 1.54) is 0 Å². The lowest BCUT2D eigenvalue weighted by Crippen LogP contribution is -2.18. The van der Waals surface area contributed by atoms with Gasteiger partial charge in [-0.25, -0.2) is 4.79 Å². The lowest BCUT2D eigenvalue weighted by Gasteiger charge is -2.15. The summed E-state index contributed by atoms with van der Waals surface area (Å²) in [4.78, 5) is 24.3. The lowest BCUT2D eigenvalue weighted by molar-refractivity contribution is 0.0691. The number of aliphatic hydroxyl groups is 1. The average Bonchev–Trinajstić information content (AvgIpc) is 2.55. The second-order valence-electron chi connectivity index (χ2n) is 4.62. The van der Waals surface area contributed by atoms with E-state index in [2.05, 4.69) is 69.0 Å². The number of carbonyl (C=O) groups excluding carboxylic acids is 1. The van der Waals surface area contributed by atoms with Crippen LogP contribution in [-0.2, 0) is 6.61 Å². The Morgan fingerprint density at radius 3 is 2.08 bits per heavy atom. The molecule has 0 spiro atoms. The third kappa shape index (κ3) is 3.91. The SMILES string of the molecule is O=C(O)c1c(Br)c(Br)c(Br)c(Br)c1C(=O)Nc1cccc(CO)c1. The number of nitrogens with one attached hydrogen (secondary N) is 1. The minimum Gasteiger partial charge on any atom is -0.478 e. The van der Waals surface area contributed by atoms with E-state index < -0.39 is 11.9 Å². The normalized spacial score (nSPS) is 10.5. The minimum absolute atomic E-state index is 0.0288. The van der Waals surface area contributed by atoms with Crippen LogP contribution in [-0.4, -0.2) is 22.1 Å². The topological polar surface area (TPSA) is 86.6 Å². The number of amides is 1. The van der Waals surface area contributed by atoms with E-state index in [0.717, 1.165) is 0 Å². The second-order valence-corrected chi connectivity index (χ2v) is 7.80. The molecule has 0 aliphatic heterocycles. The van der Waals surface area contributed by atoms with Crippen molar-refractivity contribution in [1.29, 1.82) is 0 Å². The fraction of sp³-hybridized carbons (Fsp3) is 0.0667. The summed E-state index contributed by atoms with van der Waals surface area (Å²) in [5.41, 5.74) is 0.875. The van der Waals surface area contributed by atoms with E-state index in [1.807, 2.05) is 0 Å². The Kier molecular flexibility index (Phi) is 6.60. The van der Waals surface area contributed by atoms with E-state index in [0.29, 0.717) is 24.7 Å². The average molecular weight is 587 g/mol. The highest BCUT2D eigenvalue weighted by molar-refractivity contribution is 9.15. The molecule has 0 radical (unpaired) electrons. The first kappa shape index (κ1) is 19.6. The van der Waals surface area contributed by atoms with Crippen LogP contribution < -0.4 is 5.32 Å². The molecule has 0 aromatic heterocycles. The number of anilines is 1. The predicted molar refractivity (Wildman–Crippen MR) is 105 cm³/mol. The van der Waals surface area contributed by atoms with Crippen molar-refractivity contribution >= 4 is 81.3 Å². The van der Waals surface area contributed by atoms with Crippen LogP contribution >= 0.6 is 63.7 Å². The predicted octanol–water partition coefficient (Wildman–Crippen LogP) is 5.18. The molecule has 0 heterocycles. The Morgan fingerprint density at radius 2 is 1.54 bits per heavy atom. The van der Waals surface area contributed by atoms with Gasteiger partial charge in [0.15, 0.2) is 0 Å². The van der Waals surface area contributed by atoms with Crippen molar-refractivity contribution < 1.29 is 19.8 Å². The smallest absolute Gasteiger partial charge is 0.337 e. The van der Waals surface area contributed by atoms with Crippen LogP contribution in [0.5, 0.6) is 0 Å². The molecule has 24 heavy (non-hydrogen) atoms. The van der Waals surface area contributed by atoms with Gasteiger partial charge in [0.05, 0.1) is 17.7 Å². The van der Waals surface area contributed by atoms with Gasteiger partial charge >= 0.3 is 5.97 Å². The number of aliphatic hydroxyl groups excluding tert-OH is 1. The number of benzene rings is 2. The quantitative estimate of drug-likeness (QED) is 0.341. The highest BCUT2D eigenvalue weighted by Gasteiger charge is 2.27. The molecule has 2 aromatic carbocycles. The Bertz CT molecular complexity index is 839. The van der Waals surface area contributed by atoms with Gasteiger partial charge in [0.2, 0.25) is 0 Å². The van der Waals surface area contributed by atoms with Gasteiger partial charge < -0.3 is 15.5 Å². The molecule has 126 valence electrons. The highest BCUT2D eigenvalue weighted by Crippen LogP contribution is 2.42. The van der Waals surface area contributed by atoms with Crippen molar-refractivity contribution in [2.75, 3.05) is 5.32 Å². The van der Waals surface area contributed by atoms with Crippen molar-refractivity contribution in [3.8, 4) is 0 Å². The number of carbonyl (C=O) groups is 2. The lowest BCUT2D eigenvalue weighted by atomic mass is 10.1. The third-order valence-corrected chi connectivity index (χ3v) is 7.84. The molecule has 1 amide bonds.